The summed E-state index contributed by atoms with van der Waals surface area (Å²) in [5, 5.41) is 4.00. The van der Waals surface area contributed by atoms with Gasteiger partial charge in [-0.1, -0.05) is 30.3 Å². The van der Waals surface area contributed by atoms with Gasteiger partial charge in [0.1, 0.15) is 0 Å². The first-order valence-electron chi connectivity index (χ1n) is 9.59. The predicted octanol–water partition coefficient (Wildman–Crippen LogP) is 1.91. The van der Waals surface area contributed by atoms with Gasteiger partial charge >= 0.3 is 5.97 Å². The second kappa shape index (κ2) is 8.87. The molecule has 1 atom stereocenters. The molecule has 1 aromatic carbocycles. The van der Waals surface area contributed by atoms with Crippen LogP contribution in [0.4, 0.5) is 0 Å². The fourth-order valence-corrected chi connectivity index (χ4v) is 4.25. The summed E-state index contributed by atoms with van der Waals surface area (Å²) >= 11 is 0. The summed E-state index contributed by atoms with van der Waals surface area (Å²) in [6, 6.07) is 9.42. The number of hydrogen-bond acceptors (Lipinski definition) is 5. The normalized spacial score (nSPS) is 20.0. The topological polar surface area (TPSA) is 92.8 Å². The maximum Gasteiger partial charge on any atom is 0.309 e. The van der Waals surface area contributed by atoms with Gasteiger partial charge in [-0.25, -0.2) is 8.42 Å². The molecule has 1 amide bonds. The van der Waals surface area contributed by atoms with Crippen LogP contribution >= 0.6 is 0 Å². The number of benzene rings is 1. The van der Waals surface area contributed by atoms with Gasteiger partial charge in [0, 0.05) is 24.5 Å². The van der Waals surface area contributed by atoms with Crippen molar-refractivity contribution in [3.8, 4) is 0 Å². The molecule has 1 heterocycles. The average molecular weight is 407 g/mol. The maximum absolute atomic E-state index is 12.5. The molecule has 1 aliphatic heterocycles. The van der Waals surface area contributed by atoms with Gasteiger partial charge in [-0.05, 0) is 44.2 Å². The molecule has 2 aliphatic rings. The molecule has 0 radical (unpaired) electrons. The lowest BCUT2D eigenvalue weighted by Crippen LogP contribution is -2.42. The quantitative estimate of drug-likeness (QED) is 0.698. The zero-order valence-electron chi connectivity index (χ0n) is 15.9. The molecule has 152 valence electrons. The summed E-state index contributed by atoms with van der Waals surface area (Å²) in [5.74, 6) is -1.10. The third kappa shape index (κ3) is 5.65. The highest BCUT2D eigenvalue weighted by molar-refractivity contribution is 7.92. The molecular formula is C20H26N2O5S. The monoisotopic (exact) mass is 406 g/mol. The highest BCUT2D eigenvalue weighted by atomic mass is 32.2. The van der Waals surface area contributed by atoms with Crippen LogP contribution in [0.3, 0.4) is 0 Å². The number of carbonyl (C=O) groups excluding carboxylic acids is 2. The number of amides is 1. The van der Waals surface area contributed by atoms with Crippen LogP contribution in [0.15, 0.2) is 35.7 Å². The van der Waals surface area contributed by atoms with Gasteiger partial charge in [0.2, 0.25) is 10.0 Å². The lowest BCUT2D eigenvalue weighted by molar-refractivity contribution is -0.159. The van der Waals surface area contributed by atoms with Crippen molar-refractivity contribution in [3.05, 3.63) is 41.3 Å². The Bertz CT molecular complexity index is 825. The largest absolute Gasteiger partial charge is 0.452 e. The van der Waals surface area contributed by atoms with E-state index in [4.69, 9.17) is 4.74 Å². The zero-order chi connectivity index (χ0) is 20.1. The van der Waals surface area contributed by atoms with E-state index in [9.17, 15) is 18.0 Å². The average Bonchev–Trinajstić information content (AvgIpc) is 3.51. The summed E-state index contributed by atoms with van der Waals surface area (Å²) in [6.07, 6.45) is 3.44. The predicted molar refractivity (Wildman–Crippen MR) is 105 cm³/mol. The third-order valence-electron chi connectivity index (χ3n) is 4.97. The number of nitrogens with zero attached hydrogens (tertiary/aromatic N) is 1. The smallest absolute Gasteiger partial charge is 0.309 e. The van der Waals surface area contributed by atoms with Crippen molar-refractivity contribution in [2.24, 2.45) is 5.92 Å². The van der Waals surface area contributed by atoms with Gasteiger partial charge in [0.15, 0.2) is 6.10 Å². The number of carbonyl (C=O) groups is 2. The molecule has 1 aromatic rings. The molecule has 0 bridgehead atoms. The SMILES string of the molecule is C[C@H](OC(=O)C1CCN(S(=O)(=O)/C=C/c2ccccc2)CC1)C(=O)NC1CC1. The van der Waals surface area contributed by atoms with Gasteiger partial charge < -0.3 is 10.1 Å². The zero-order valence-corrected chi connectivity index (χ0v) is 16.7. The Kier molecular flexibility index (Phi) is 6.51. The van der Waals surface area contributed by atoms with Crippen molar-refractivity contribution in [3.63, 3.8) is 0 Å². The Morgan fingerprint density at radius 3 is 2.39 bits per heavy atom. The van der Waals surface area contributed by atoms with Gasteiger partial charge in [-0.2, -0.15) is 4.31 Å². The number of esters is 1. The second-order valence-electron chi connectivity index (χ2n) is 7.29. The van der Waals surface area contributed by atoms with Gasteiger partial charge in [0.25, 0.3) is 5.91 Å². The number of nitrogens with one attached hydrogen (secondary N) is 1. The van der Waals surface area contributed by atoms with Crippen LogP contribution in [0.2, 0.25) is 0 Å². The first-order chi connectivity index (χ1) is 13.3. The standard InChI is InChI=1S/C20H26N2O5S/c1-15(19(23)21-18-7-8-18)27-20(24)17-9-12-22(13-10-17)28(25,26)14-11-16-5-3-2-4-6-16/h2-6,11,14-15,17-18H,7-10,12-13H2,1H3,(H,21,23)/b14-11+/t15-/m0/s1. The van der Waals surface area contributed by atoms with Crippen molar-refractivity contribution in [1.29, 1.82) is 0 Å². The van der Waals surface area contributed by atoms with Crippen molar-refractivity contribution >= 4 is 28.0 Å². The Balaban J connectivity index is 1.48. The van der Waals surface area contributed by atoms with E-state index >= 15 is 0 Å². The lowest BCUT2D eigenvalue weighted by Gasteiger charge is -2.29. The first-order valence-corrected chi connectivity index (χ1v) is 11.1. The Hall–Kier alpha value is -2.19. The lowest BCUT2D eigenvalue weighted by atomic mass is 9.98. The van der Waals surface area contributed by atoms with E-state index in [0.29, 0.717) is 12.8 Å². The Morgan fingerprint density at radius 1 is 1.14 bits per heavy atom. The van der Waals surface area contributed by atoms with Crippen LogP contribution in [-0.2, 0) is 24.3 Å². The fraction of sp³-hybridized carbons (Fsp3) is 0.500. The molecule has 1 saturated carbocycles. The summed E-state index contributed by atoms with van der Waals surface area (Å²) in [4.78, 5) is 24.2. The minimum Gasteiger partial charge on any atom is -0.452 e. The second-order valence-corrected chi connectivity index (χ2v) is 9.11. The molecular weight excluding hydrogens is 380 g/mol. The van der Waals surface area contributed by atoms with Crippen LogP contribution in [0.25, 0.3) is 6.08 Å². The van der Waals surface area contributed by atoms with E-state index in [1.54, 1.807) is 13.0 Å². The van der Waals surface area contributed by atoms with Crippen LogP contribution in [0.1, 0.15) is 38.2 Å². The van der Waals surface area contributed by atoms with Crippen molar-refractivity contribution in [2.45, 2.75) is 44.8 Å². The number of hydrogen-bond donors (Lipinski definition) is 1. The van der Waals surface area contributed by atoms with Crippen LogP contribution in [0.5, 0.6) is 0 Å². The van der Waals surface area contributed by atoms with Crippen LogP contribution in [0, 0.1) is 5.92 Å². The molecule has 0 spiro atoms. The summed E-state index contributed by atoms with van der Waals surface area (Å²) in [6.45, 7) is 2.07. The van der Waals surface area contributed by atoms with Crippen molar-refractivity contribution < 1.29 is 22.7 Å². The molecule has 2 fully saturated rings. The Labute approximate surface area is 165 Å². The molecule has 1 saturated heterocycles. The number of piperidine rings is 1. The first kappa shape index (κ1) is 20.5. The summed E-state index contributed by atoms with van der Waals surface area (Å²) < 4.78 is 31.6. The summed E-state index contributed by atoms with van der Waals surface area (Å²) in [7, 11) is -3.54. The van der Waals surface area contributed by atoms with Gasteiger partial charge in [0.05, 0.1) is 5.92 Å². The molecule has 3 rings (SSSR count). The molecule has 8 heteroatoms. The van der Waals surface area contributed by atoms with E-state index < -0.39 is 22.1 Å². The van der Waals surface area contributed by atoms with Crippen molar-refractivity contribution in [2.75, 3.05) is 13.1 Å². The summed E-state index contributed by atoms with van der Waals surface area (Å²) in [5.41, 5.74) is 0.808. The van der Waals surface area contributed by atoms with Crippen LogP contribution in [-0.4, -0.2) is 49.8 Å². The Morgan fingerprint density at radius 2 is 1.79 bits per heavy atom. The third-order valence-corrected chi connectivity index (χ3v) is 6.53. The molecule has 1 N–H and O–H groups in total. The molecule has 1 aliphatic carbocycles. The van der Waals surface area contributed by atoms with E-state index in [1.807, 2.05) is 30.3 Å². The molecule has 0 aromatic heterocycles. The van der Waals surface area contributed by atoms with Crippen molar-refractivity contribution in [1.82, 2.24) is 9.62 Å². The highest BCUT2D eigenvalue weighted by Crippen LogP contribution is 2.23. The van der Waals surface area contributed by atoms with Crippen LogP contribution < -0.4 is 5.32 Å². The minimum absolute atomic E-state index is 0.214. The van der Waals surface area contributed by atoms with E-state index in [2.05, 4.69) is 5.32 Å². The maximum atomic E-state index is 12.5. The number of ether oxygens (including phenoxy) is 1. The molecule has 28 heavy (non-hydrogen) atoms. The van der Waals surface area contributed by atoms with Gasteiger partial charge in [-0.3, -0.25) is 9.59 Å². The number of sulfonamides is 1. The van der Waals surface area contributed by atoms with E-state index in [-0.39, 0.29) is 31.0 Å². The van der Waals surface area contributed by atoms with E-state index in [1.165, 1.54) is 9.71 Å². The van der Waals surface area contributed by atoms with Gasteiger partial charge in [-0.15, -0.1) is 0 Å². The highest BCUT2D eigenvalue weighted by Gasteiger charge is 2.33. The van der Waals surface area contributed by atoms with E-state index in [0.717, 1.165) is 18.4 Å². The molecule has 0 unspecified atom stereocenters. The minimum atomic E-state index is -3.54. The molecule has 7 nitrogen and oxygen atoms in total. The fourth-order valence-electron chi connectivity index (χ4n) is 3.03. The number of rotatable bonds is 7.